The lowest BCUT2D eigenvalue weighted by atomic mass is 10.0. The summed E-state index contributed by atoms with van der Waals surface area (Å²) in [6.07, 6.45) is -0.0333. The van der Waals surface area contributed by atoms with Gasteiger partial charge in [0.05, 0.1) is 12.1 Å². The number of nitrogens with one attached hydrogen (secondary N) is 1. The number of carbonyl (C=O) groups is 1. The monoisotopic (exact) mass is 366 g/mol. The van der Waals surface area contributed by atoms with Crippen LogP contribution in [0.15, 0.2) is 48.5 Å². The number of carboxylic acids is 1. The van der Waals surface area contributed by atoms with Crippen LogP contribution in [0, 0.1) is 6.92 Å². The molecule has 0 aliphatic heterocycles. The highest BCUT2D eigenvalue weighted by Crippen LogP contribution is 2.34. The van der Waals surface area contributed by atoms with Crippen molar-refractivity contribution < 1.29 is 9.90 Å². The summed E-state index contributed by atoms with van der Waals surface area (Å²) in [5, 5.41) is 13.2. The van der Waals surface area contributed by atoms with Gasteiger partial charge in [-0.05, 0) is 36.1 Å². The Morgan fingerprint density at radius 1 is 1.19 bits per heavy atom. The molecule has 0 aliphatic rings. The predicted octanol–water partition coefficient (Wildman–Crippen LogP) is 5.61. The van der Waals surface area contributed by atoms with Crippen molar-refractivity contribution in [2.24, 2.45) is 0 Å². The van der Waals surface area contributed by atoms with Gasteiger partial charge in [-0.3, -0.25) is 4.79 Å². The molecule has 3 rings (SSSR count). The van der Waals surface area contributed by atoms with Gasteiger partial charge >= 0.3 is 5.97 Å². The van der Waals surface area contributed by atoms with Crippen LogP contribution in [0.4, 0.5) is 10.8 Å². The molecule has 26 heavy (non-hydrogen) atoms. The van der Waals surface area contributed by atoms with Crippen molar-refractivity contribution in [3.8, 4) is 11.3 Å². The van der Waals surface area contributed by atoms with E-state index in [1.54, 1.807) is 0 Å². The summed E-state index contributed by atoms with van der Waals surface area (Å²) in [6.45, 7) is 6.33. The van der Waals surface area contributed by atoms with Gasteiger partial charge in [0.15, 0.2) is 5.13 Å². The molecule has 5 heteroatoms. The van der Waals surface area contributed by atoms with Crippen molar-refractivity contribution in [1.29, 1.82) is 0 Å². The van der Waals surface area contributed by atoms with Crippen molar-refractivity contribution >= 4 is 28.1 Å². The molecule has 0 bridgehead atoms. The molecular weight excluding hydrogens is 344 g/mol. The molecule has 0 radical (unpaired) electrons. The average Bonchev–Trinajstić information content (AvgIpc) is 2.96. The highest BCUT2D eigenvalue weighted by atomic mass is 32.1. The van der Waals surface area contributed by atoms with Crippen LogP contribution in [0.1, 0.15) is 35.8 Å². The minimum Gasteiger partial charge on any atom is -0.481 e. The Bertz CT molecular complexity index is 914. The van der Waals surface area contributed by atoms with Crippen LogP contribution in [0.5, 0.6) is 0 Å². The molecule has 0 saturated carbocycles. The molecule has 0 saturated heterocycles. The number of nitrogens with zero attached hydrogens (tertiary/aromatic N) is 1. The maximum atomic E-state index is 11.3. The molecule has 3 aromatic rings. The number of thiazole rings is 1. The molecule has 0 fully saturated rings. The molecule has 1 aromatic heterocycles. The first-order valence-electron chi connectivity index (χ1n) is 8.58. The van der Waals surface area contributed by atoms with Crippen LogP contribution in [-0.2, 0) is 11.2 Å². The van der Waals surface area contributed by atoms with E-state index in [1.165, 1.54) is 16.9 Å². The Labute approximate surface area is 157 Å². The maximum absolute atomic E-state index is 11.3. The summed E-state index contributed by atoms with van der Waals surface area (Å²) in [5.74, 6) is -0.396. The van der Waals surface area contributed by atoms with Crippen LogP contribution in [0.3, 0.4) is 0 Å². The van der Waals surface area contributed by atoms with E-state index in [0.717, 1.165) is 27.4 Å². The SMILES string of the molecule is Cc1cccc(Nc2nc(-c3ccc(C(C)C)cc3)c(CC(=O)O)s2)c1. The molecule has 0 amide bonds. The van der Waals surface area contributed by atoms with Gasteiger partial charge < -0.3 is 10.4 Å². The topological polar surface area (TPSA) is 62.2 Å². The fraction of sp³-hybridized carbons (Fsp3) is 0.238. The molecule has 0 unspecified atom stereocenters. The standard InChI is InChI=1S/C21H22N2O2S/c1-13(2)15-7-9-16(10-8-15)20-18(12-19(24)25)26-21(23-20)22-17-6-4-5-14(3)11-17/h4-11,13H,12H2,1-3H3,(H,22,23)(H,24,25). The third-order valence-electron chi connectivity index (χ3n) is 4.13. The summed E-state index contributed by atoms with van der Waals surface area (Å²) in [4.78, 5) is 16.7. The molecule has 0 aliphatic carbocycles. The van der Waals surface area contributed by atoms with Crippen molar-refractivity contribution in [3.05, 3.63) is 64.5 Å². The number of carboxylic acid groups (broad SMARTS) is 1. The van der Waals surface area contributed by atoms with E-state index in [4.69, 9.17) is 0 Å². The summed E-state index contributed by atoms with van der Waals surface area (Å²) in [5.41, 5.74) is 5.04. The number of benzene rings is 2. The first-order valence-corrected chi connectivity index (χ1v) is 9.39. The Kier molecular flexibility index (Phi) is 5.38. The molecule has 4 nitrogen and oxygen atoms in total. The number of aryl methyl sites for hydroxylation is 1. The summed E-state index contributed by atoms with van der Waals surface area (Å²) in [7, 11) is 0. The van der Waals surface area contributed by atoms with Gasteiger partial charge in [0.1, 0.15) is 0 Å². The second-order valence-corrected chi connectivity index (χ2v) is 7.72. The molecule has 1 heterocycles. The number of rotatable bonds is 6. The van der Waals surface area contributed by atoms with E-state index >= 15 is 0 Å². The van der Waals surface area contributed by atoms with Crippen molar-refractivity contribution in [3.63, 3.8) is 0 Å². The largest absolute Gasteiger partial charge is 0.481 e. The average molecular weight is 366 g/mol. The predicted molar refractivity (Wildman–Crippen MR) is 107 cm³/mol. The fourth-order valence-corrected chi connectivity index (χ4v) is 3.76. The van der Waals surface area contributed by atoms with Gasteiger partial charge in [-0.2, -0.15) is 0 Å². The van der Waals surface area contributed by atoms with Gasteiger partial charge in [-0.15, -0.1) is 11.3 Å². The number of hydrogen-bond donors (Lipinski definition) is 2. The smallest absolute Gasteiger partial charge is 0.308 e. The number of anilines is 2. The second-order valence-electron chi connectivity index (χ2n) is 6.63. The lowest BCUT2D eigenvalue weighted by Gasteiger charge is -2.06. The number of hydrogen-bond acceptors (Lipinski definition) is 4. The van der Waals surface area contributed by atoms with E-state index in [2.05, 4.69) is 36.3 Å². The zero-order chi connectivity index (χ0) is 18.7. The zero-order valence-electron chi connectivity index (χ0n) is 15.1. The van der Waals surface area contributed by atoms with Crippen molar-refractivity contribution in [2.45, 2.75) is 33.1 Å². The second kappa shape index (κ2) is 7.70. The van der Waals surface area contributed by atoms with Gasteiger partial charge in [0, 0.05) is 16.1 Å². The Morgan fingerprint density at radius 2 is 1.92 bits per heavy atom. The molecule has 2 N–H and O–H groups in total. The van der Waals surface area contributed by atoms with E-state index in [1.807, 2.05) is 43.3 Å². The molecular formula is C21H22N2O2S. The minimum atomic E-state index is -0.851. The van der Waals surface area contributed by atoms with Crippen LogP contribution in [0.25, 0.3) is 11.3 Å². The first-order chi connectivity index (χ1) is 12.4. The molecule has 134 valence electrons. The Hall–Kier alpha value is -2.66. The Morgan fingerprint density at radius 3 is 2.54 bits per heavy atom. The molecule has 0 atom stereocenters. The van der Waals surface area contributed by atoms with Gasteiger partial charge in [0.25, 0.3) is 0 Å². The maximum Gasteiger partial charge on any atom is 0.308 e. The summed E-state index contributed by atoms with van der Waals surface area (Å²) >= 11 is 1.39. The third kappa shape index (κ3) is 4.29. The third-order valence-corrected chi connectivity index (χ3v) is 5.10. The van der Waals surface area contributed by atoms with E-state index in [9.17, 15) is 9.90 Å². The fourth-order valence-electron chi connectivity index (χ4n) is 2.76. The van der Waals surface area contributed by atoms with Gasteiger partial charge in [-0.25, -0.2) is 4.98 Å². The minimum absolute atomic E-state index is 0.0333. The van der Waals surface area contributed by atoms with Crippen molar-refractivity contribution in [1.82, 2.24) is 4.98 Å². The van der Waals surface area contributed by atoms with Crippen LogP contribution >= 0.6 is 11.3 Å². The summed E-state index contributed by atoms with van der Waals surface area (Å²) in [6, 6.07) is 16.2. The normalized spacial score (nSPS) is 10.9. The Balaban J connectivity index is 1.95. The quantitative estimate of drug-likeness (QED) is 0.595. The first kappa shape index (κ1) is 18.1. The van der Waals surface area contributed by atoms with E-state index in [-0.39, 0.29) is 6.42 Å². The molecule has 2 aromatic carbocycles. The van der Waals surface area contributed by atoms with Gasteiger partial charge in [-0.1, -0.05) is 50.2 Å². The zero-order valence-corrected chi connectivity index (χ0v) is 15.9. The lowest BCUT2D eigenvalue weighted by molar-refractivity contribution is -0.136. The lowest BCUT2D eigenvalue weighted by Crippen LogP contribution is -1.99. The van der Waals surface area contributed by atoms with E-state index < -0.39 is 5.97 Å². The van der Waals surface area contributed by atoms with Crippen LogP contribution in [-0.4, -0.2) is 16.1 Å². The summed E-state index contributed by atoms with van der Waals surface area (Å²) < 4.78 is 0. The number of aliphatic carboxylic acids is 1. The van der Waals surface area contributed by atoms with Crippen molar-refractivity contribution in [2.75, 3.05) is 5.32 Å². The number of aromatic nitrogens is 1. The molecule has 0 spiro atoms. The highest BCUT2D eigenvalue weighted by Gasteiger charge is 2.16. The van der Waals surface area contributed by atoms with E-state index in [0.29, 0.717) is 11.0 Å². The van der Waals surface area contributed by atoms with Crippen LogP contribution < -0.4 is 5.32 Å². The van der Waals surface area contributed by atoms with Crippen LogP contribution in [0.2, 0.25) is 0 Å². The van der Waals surface area contributed by atoms with Gasteiger partial charge in [0.2, 0.25) is 0 Å². The highest BCUT2D eigenvalue weighted by molar-refractivity contribution is 7.16.